The van der Waals surface area contributed by atoms with E-state index in [1.807, 2.05) is 0 Å². The molecule has 0 radical (unpaired) electrons. The minimum Gasteiger partial charge on any atom is -0.0533 e. The summed E-state index contributed by atoms with van der Waals surface area (Å²) in [6.45, 7) is 0.821. The minimum absolute atomic E-state index is 0.821. The van der Waals surface area contributed by atoms with Gasteiger partial charge in [-0.25, -0.2) is 0 Å². The molecule has 0 aromatic rings. The molecule has 3 nitrogen and oxygen atoms in total. The fourth-order valence-electron chi connectivity index (χ4n) is 1.79. The van der Waals surface area contributed by atoms with Crippen molar-refractivity contribution in [2.24, 2.45) is 5.92 Å². The molecule has 0 heterocycles. The van der Waals surface area contributed by atoms with Crippen LogP contribution in [0.25, 0.3) is 5.08 Å². The van der Waals surface area contributed by atoms with E-state index in [4.69, 9.17) is 5.39 Å². The lowest BCUT2D eigenvalue weighted by Crippen LogP contribution is -2.13. The normalized spacial score (nSPS) is 19.2. The Bertz CT molecular complexity index is 133. The lowest BCUT2D eigenvalue weighted by molar-refractivity contribution is 0.338. The Morgan fingerprint density at radius 3 is 2.64 bits per heavy atom. The van der Waals surface area contributed by atoms with E-state index in [2.05, 4.69) is 10.5 Å². The van der Waals surface area contributed by atoms with E-state index in [1.54, 1.807) is 0 Å². The predicted molar refractivity (Wildman–Crippen MR) is 44.3 cm³/mol. The third-order valence-electron chi connectivity index (χ3n) is 2.46. The lowest BCUT2D eigenvalue weighted by atomic mass is 9.87. The van der Waals surface area contributed by atoms with E-state index >= 15 is 0 Å². The van der Waals surface area contributed by atoms with Crippen LogP contribution < -0.4 is 5.43 Å². The van der Waals surface area contributed by atoms with Crippen LogP contribution in [0, 0.1) is 11.3 Å². The number of rotatable bonds is 3. The van der Waals surface area contributed by atoms with Gasteiger partial charge < -0.3 is 0 Å². The van der Waals surface area contributed by atoms with Crippen molar-refractivity contribution in [2.45, 2.75) is 38.5 Å². The molecule has 0 saturated heterocycles. The second-order valence-electron chi connectivity index (χ2n) is 3.30. The molecule has 62 valence electrons. The van der Waals surface area contributed by atoms with Crippen LogP contribution in [0.1, 0.15) is 38.5 Å². The molecule has 3 heteroatoms. The average molecular weight is 154 g/mol. The Labute approximate surface area is 67.8 Å². The Morgan fingerprint density at radius 1 is 1.27 bits per heavy atom. The highest BCUT2D eigenvalue weighted by Gasteiger charge is 2.13. The SMILES string of the molecule is N#[N+]NCCC1CCCCC1. The standard InChI is InChI=1S/C8H16N3/c9-11-10-7-6-8-4-2-1-3-5-8/h8,10H,1-7H2/q+1. The van der Waals surface area contributed by atoms with Gasteiger partial charge in [0.25, 0.3) is 5.39 Å². The van der Waals surface area contributed by atoms with Crippen molar-refractivity contribution < 1.29 is 0 Å². The first-order valence-corrected chi connectivity index (χ1v) is 4.50. The van der Waals surface area contributed by atoms with Crippen LogP contribution in [0.15, 0.2) is 0 Å². The van der Waals surface area contributed by atoms with E-state index in [1.165, 1.54) is 32.1 Å². The van der Waals surface area contributed by atoms with E-state index in [0.29, 0.717) is 0 Å². The summed E-state index contributed by atoms with van der Waals surface area (Å²) in [5.41, 5.74) is 2.58. The van der Waals surface area contributed by atoms with Gasteiger partial charge in [-0.15, -0.1) is 0 Å². The maximum absolute atomic E-state index is 8.11. The van der Waals surface area contributed by atoms with Crippen molar-refractivity contribution in [3.05, 3.63) is 5.08 Å². The van der Waals surface area contributed by atoms with Gasteiger partial charge >= 0.3 is 5.08 Å². The molecular formula is C8H16N3+. The molecule has 0 spiro atoms. The smallest absolute Gasteiger partial charge is 0.0533 e. The first-order chi connectivity index (χ1) is 5.43. The zero-order chi connectivity index (χ0) is 7.94. The molecule has 11 heavy (non-hydrogen) atoms. The molecular weight excluding hydrogens is 138 g/mol. The number of nitrogens with one attached hydrogen (secondary N) is 1. The Balaban J connectivity index is 2.01. The van der Waals surface area contributed by atoms with E-state index < -0.39 is 0 Å². The van der Waals surface area contributed by atoms with Crippen LogP contribution in [-0.4, -0.2) is 6.54 Å². The highest BCUT2D eigenvalue weighted by atomic mass is 15.3. The van der Waals surface area contributed by atoms with Gasteiger partial charge in [0.05, 0.1) is 6.54 Å². The molecule has 1 aliphatic carbocycles. The molecule has 0 aliphatic heterocycles. The highest BCUT2D eigenvalue weighted by molar-refractivity contribution is 4.66. The molecule has 1 rings (SSSR count). The Kier molecular flexibility index (Phi) is 3.74. The van der Waals surface area contributed by atoms with Crippen LogP contribution in [0.5, 0.6) is 0 Å². The van der Waals surface area contributed by atoms with Crippen LogP contribution in [0.2, 0.25) is 0 Å². The maximum atomic E-state index is 8.11. The molecule has 0 amide bonds. The highest BCUT2D eigenvalue weighted by Crippen LogP contribution is 2.25. The number of nitrogens with zero attached hydrogens (tertiary/aromatic N) is 2. The molecule has 0 aromatic carbocycles. The quantitative estimate of drug-likeness (QED) is 0.385. The topological polar surface area (TPSA) is 40.2 Å². The van der Waals surface area contributed by atoms with Gasteiger partial charge in [0.1, 0.15) is 0 Å². The first-order valence-electron chi connectivity index (χ1n) is 4.50. The van der Waals surface area contributed by atoms with Crippen molar-refractivity contribution in [1.29, 1.82) is 5.39 Å². The summed E-state index contributed by atoms with van der Waals surface area (Å²) in [7, 11) is 0. The van der Waals surface area contributed by atoms with Crippen molar-refractivity contribution in [3.63, 3.8) is 0 Å². The molecule has 0 aromatic heterocycles. The number of diazo groups is 1. The fourth-order valence-corrected chi connectivity index (χ4v) is 1.79. The van der Waals surface area contributed by atoms with Crippen LogP contribution >= 0.6 is 0 Å². The Morgan fingerprint density at radius 2 is 2.00 bits per heavy atom. The van der Waals surface area contributed by atoms with Gasteiger partial charge in [-0.2, -0.15) is 0 Å². The molecule has 0 bridgehead atoms. The third kappa shape index (κ3) is 3.22. The molecule has 1 saturated carbocycles. The predicted octanol–water partition coefficient (Wildman–Crippen LogP) is 2.31. The van der Waals surface area contributed by atoms with Crippen molar-refractivity contribution >= 4 is 0 Å². The summed E-state index contributed by atoms with van der Waals surface area (Å²) in [6, 6.07) is 0. The molecule has 0 unspecified atom stereocenters. The van der Waals surface area contributed by atoms with E-state index in [-0.39, 0.29) is 0 Å². The van der Waals surface area contributed by atoms with Gasteiger partial charge in [-0.1, -0.05) is 32.1 Å². The van der Waals surface area contributed by atoms with Gasteiger partial charge in [-0.05, 0) is 17.8 Å². The fraction of sp³-hybridized carbons (Fsp3) is 1.00. The number of hydrogen-bond acceptors (Lipinski definition) is 2. The second-order valence-corrected chi connectivity index (χ2v) is 3.30. The summed E-state index contributed by atoms with van der Waals surface area (Å²) in [6.07, 6.45) is 8.08. The summed E-state index contributed by atoms with van der Waals surface area (Å²) in [4.78, 5) is 0. The van der Waals surface area contributed by atoms with Crippen molar-refractivity contribution in [2.75, 3.05) is 6.54 Å². The maximum Gasteiger partial charge on any atom is 0.302 e. The van der Waals surface area contributed by atoms with Crippen molar-refractivity contribution in [1.82, 2.24) is 5.43 Å². The summed E-state index contributed by atoms with van der Waals surface area (Å²) in [5, 5.41) is 11.0. The lowest BCUT2D eigenvalue weighted by Gasteiger charge is -2.19. The minimum atomic E-state index is 0.821. The van der Waals surface area contributed by atoms with Crippen molar-refractivity contribution in [3.8, 4) is 0 Å². The van der Waals surface area contributed by atoms with Gasteiger partial charge in [-0.3, -0.25) is 0 Å². The van der Waals surface area contributed by atoms with Gasteiger partial charge in [0.2, 0.25) is 0 Å². The third-order valence-corrected chi connectivity index (χ3v) is 2.46. The van der Waals surface area contributed by atoms with E-state index in [0.717, 1.165) is 18.9 Å². The molecule has 1 N–H and O–H groups in total. The Hall–Kier alpha value is -0.780. The van der Waals surface area contributed by atoms with Crippen LogP contribution in [0.3, 0.4) is 0 Å². The molecule has 1 aliphatic rings. The average Bonchev–Trinajstić information content (AvgIpc) is 2.07. The second kappa shape index (κ2) is 4.95. The van der Waals surface area contributed by atoms with Crippen LogP contribution in [0.4, 0.5) is 0 Å². The number of hydrogen-bond donors (Lipinski definition) is 1. The largest absolute Gasteiger partial charge is 0.302 e. The molecule has 0 atom stereocenters. The first kappa shape index (κ1) is 8.32. The van der Waals surface area contributed by atoms with Crippen LogP contribution in [-0.2, 0) is 0 Å². The van der Waals surface area contributed by atoms with Gasteiger partial charge in [0, 0.05) is 0 Å². The summed E-state index contributed by atoms with van der Waals surface area (Å²) in [5.74, 6) is 0.873. The zero-order valence-corrected chi connectivity index (χ0v) is 6.92. The summed E-state index contributed by atoms with van der Waals surface area (Å²) >= 11 is 0. The van der Waals surface area contributed by atoms with Gasteiger partial charge in [0.15, 0.2) is 0 Å². The van der Waals surface area contributed by atoms with E-state index in [9.17, 15) is 0 Å². The summed E-state index contributed by atoms with van der Waals surface area (Å²) < 4.78 is 0. The monoisotopic (exact) mass is 154 g/mol. The molecule has 1 fully saturated rings. The zero-order valence-electron chi connectivity index (χ0n) is 6.92.